The maximum atomic E-state index is 13.0. The Hall–Kier alpha value is -1.95. The van der Waals surface area contributed by atoms with Gasteiger partial charge in [-0.1, -0.05) is 12.1 Å². The molecule has 1 saturated carbocycles. The summed E-state index contributed by atoms with van der Waals surface area (Å²) in [6, 6.07) is 6.90. The van der Waals surface area contributed by atoms with E-state index in [1.54, 1.807) is 12.1 Å². The molecule has 0 atom stereocenters. The molecule has 2 fully saturated rings. The van der Waals surface area contributed by atoms with Gasteiger partial charge in [-0.3, -0.25) is 14.5 Å². The van der Waals surface area contributed by atoms with Gasteiger partial charge in [0.25, 0.3) is 0 Å². The van der Waals surface area contributed by atoms with Crippen LogP contribution in [-0.4, -0.2) is 47.3 Å². The van der Waals surface area contributed by atoms with Crippen LogP contribution in [0.15, 0.2) is 24.3 Å². The highest BCUT2D eigenvalue weighted by molar-refractivity contribution is 5.80. The number of amides is 2. The van der Waals surface area contributed by atoms with Crippen LogP contribution in [0.5, 0.6) is 0 Å². The molecule has 1 saturated heterocycles. The van der Waals surface area contributed by atoms with Gasteiger partial charge in [0.05, 0.1) is 6.54 Å². The summed E-state index contributed by atoms with van der Waals surface area (Å²) in [5.74, 6) is -0.511. The van der Waals surface area contributed by atoms with Crippen LogP contribution < -0.4 is 5.73 Å². The Bertz CT molecular complexity index is 593. The number of piperidine rings is 1. The minimum atomic E-state index is -0.266. The van der Waals surface area contributed by atoms with Crippen molar-refractivity contribution in [3.63, 3.8) is 0 Å². The van der Waals surface area contributed by atoms with Crippen molar-refractivity contribution < 1.29 is 14.0 Å². The highest BCUT2D eigenvalue weighted by atomic mass is 19.1. The van der Waals surface area contributed by atoms with Crippen LogP contribution in [0.3, 0.4) is 0 Å². The Morgan fingerprint density at radius 1 is 1.12 bits per heavy atom. The van der Waals surface area contributed by atoms with Gasteiger partial charge >= 0.3 is 0 Å². The Kier molecular flexibility index (Phi) is 5.14. The van der Waals surface area contributed by atoms with Crippen molar-refractivity contribution in [3.05, 3.63) is 35.6 Å². The lowest BCUT2D eigenvalue weighted by molar-refractivity contribution is -0.136. The third kappa shape index (κ3) is 4.32. The zero-order valence-electron chi connectivity index (χ0n) is 13.8. The Balaban J connectivity index is 1.55. The summed E-state index contributed by atoms with van der Waals surface area (Å²) in [5.41, 5.74) is 6.35. The number of hydrogen-bond donors (Lipinski definition) is 1. The van der Waals surface area contributed by atoms with E-state index in [9.17, 15) is 14.0 Å². The van der Waals surface area contributed by atoms with Gasteiger partial charge in [0.15, 0.2) is 0 Å². The minimum absolute atomic E-state index is 0.104. The van der Waals surface area contributed by atoms with Gasteiger partial charge in [-0.15, -0.1) is 0 Å². The number of carbonyl (C=O) groups is 2. The number of nitrogens with zero attached hydrogens (tertiary/aromatic N) is 2. The van der Waals surface area contributed by atoms with Gasteiger partial charge in [0.2, 0.25) is 11.8 Å². The average Bonchev–Trinajstić information content (AvgIpc) is 3.41. The second-order valence-corrected chi connectivity index (χ2v) is 6.82. The first-order valence-corrected chi connectivity index (χ1v) is 8.58. The first-order chi connectivity index (χ1) is 11.5. The number of likely N-dealkylation sites (tertiary alicyclic amines) is 1. The lowest BCUT2D eigenvalue weighted by Crippen LogP contribution is -2.46. The van der Waals surface area contributed by atoms with Gasteiger partial charge < -0.3 is 10.6 Å². The first-order valence-electron chi connectivity index (χ1n) is 8.58. The van der Waals surface area contributed by atoms with E-state index in [4.69, 9.17) is 5.73 Å². The molecule has 1 aliphatic carbocycles. The molecular formula is C18H24FN3O2. The molecule has 0 bridgehead atoms. The molecule has 24 heavy (non-hydrogen) atoms. The summed E-state index contributed by atoms with van der Waals surface area (Å²) in [6.45, 7) is 2.24. The van der Waals surface area contributed by atoms with E-state index in [0.717, 1.165) is 18.4 Å². The highest BCUT2D eigenvalue weighted by Crippen LogP contribution is 2.28. The SMILES string of the molecule is NC(=O)C1CCN(C(=O)CN(Cc2ccc(F)cc2)C2CC2)CC1. The van der Waals surface area contributed by atoms with Crippen molar-refractivity contribution in [2.24, 2.45) is 11.7 Å². The molecule has 3 rings (SSSR count). The van der Waals surface area contributed by atoms with Crippen molar-refractivity contribution >= 4 is 11.8 Å². The van der Waals surface area contributed by atoms with Crippen LogP contribution in [0.2, 0.25) is 0 Å². The van der Waals surface area contributed by atoms with E-state index in [2.05, 4.69) is 4.90 Å². The first kappa shape index (κ1) is 16.9. The number of nitrogens with two attached hydrogens (primary N) is 1. The fourth-order valence-electron chi connectivity index (χ4n) is 3.27. The maximum absolute atomic E-state index is 13.0. The number of primary amides is 1. The molecule has 5 nitrogen and oxygen atoms in total. The van der Waals surface area contributed by atoms with Crippen LogP contribution in [0, 0.1) is 11.7 Å². The lowest BCUT2D eigenvalue weighted by Gasteiger charge is -2.32. The number of benzene rings is 1. The summed E-state index contributed by atoms with van der Waals surface area (Å²) in [4.78, 5) is 27.8. The molecule has 0 unspecified atom stereocenters. The van der Waals surface area contributed by atoms with Crippen LogP contribution in [0.1, 0.15) is 31.2 Å². The molecule has 1 aliphatic heterocycles. The summed E-state index contributed by atoms with van der Waals surface area (Å²) in [7, 11) is 0. The van der Waals surface area contributed by atoms with Crippen LogP contribution in [0.4, 0.5) is 4.39 Å². The highest BCUT2D eigenvalue weighted by Gasteiger charge is 2.32. The fourth-order valence-corrected chi connectivity index (χ4v) is 3.27. The molecule has 6 heteroatoms. The van der Waals surface area contributed by atoms with Crippen molar-refractivity contribution in [1.29, 1.82) is 0 Å². The lowest BCUT2D eigenvalue weighted by atomic mass is 9.96. The van der Waals surface area contributed by atoms with E-state index in [1.165, 1.54) is 12.1 Å². The molecule has 130 valence electrons. The topological polar surface area (TPSA) is 66.6 Å². The van der Waals surface area contributed by atoms with Crippen LogP contribution >= 0.6 is 0 Å². The van der Waals surface area contributed by atoms with Gasteiger partial charge in [-0.25, -0.2) is 4.39 Å². The monoisotopic (exact) mass is 333 g/mol. The maximum Gasteiger partial charge on any atom is 0.236 e. The molecule has 2 aliphatic rings. The average molecular weight is 333 g/mol. The van der Waals surface area contributed by atoms with E-state index >= 15 is 0 Å². The third-order valence-electron chi connectivity index (χ3n) is 4.95. The number of rotatable bonds is 6. The second kappa shape index (κ2) is 7.30. The molecule has 2 N–H and O–H groups in total. The largest absolute Gasteiger partial charge is 0.369 e. The number of carbonyl (C=O) groups excluding carboxylic acids is 2. The molecule has 0 aromatic heterocycles. The number of hydrogen-bond acceptors (Lipinski definition) is 3. The Morgan fingerprint density at radius 2 is 1.75 bits per heavy atom. The molecule has 1 aromatic carbocycles. The summed E-state index contributed by atoms with van der Waals surface area (Å²) in [5, 5.41) is 0. The van der Waals surface area contributed by atoms with E-state index in [-0.39, 0.29) is 23.5 Å². The predicted octanol–water partition coefficient (Wildman–Crippen LogP) is 1.51. The zero-order valence-corrected chi connectivity index (χ0v) is 13.8. The summed E-state index contributed by atoms with van der Waals surface area (Å²) < 4.78 is 13.0. The van der Waals surface area contributed by atoms with E-state index in [0.29, 0.717) is 45.1 Å². The third-order valence-corrected chi connectivity index (χ3v) is 4.95. The van der Waals surface area contributed by atoms with Gasteiger partial charge in [0.1, 0.15) is 5.82 Å². The molecule has 1 heterocycles. The quantitative estimate of drug-likeness (QED) is 0.858. The minimum Gasteiger partial charge on any atom is -0.369 e. The standard InChI is InChI=1S/C18H24FN3O2/c19-15-3-1-13(2-4-15)11-22(16-5-6-16)12-17(23)21-9-7-14(8-10-21)18(20)24/h1-4,14,16H,5-12H2,(H2,20,24). The molecule has 0 radical (unpaired) electrons. The van der Waals surface area contributed by atoms with Crippen LogP contribution in [0.25, 0.3) is 0 Å². The molecular weight excluding hydrogens is 309 g/mol. The molecule has 1 aromatic rings. The Morgan fingerprint density at radius 3 is 2.29 bits per heavy atom. The van der Waals surface area contributed by atoms with Crippen molar-refractivity contribution in [2.75, 3.05) is 19.6 Å². The van der Waals surface area contributed by atoms with Gasteiger partial charge in [-0.2, -0.15) is 0 Å². The van der Waals surface area contributed by atoms with Crippen molar-refractivity contribution in [2.45, 2.75) is 38.3 Å². The number of halogens is 1. The van der Waals surface area contributed by atoms with E-state index < -0.39 is 0 Å². The summed E-state index contributed by atoms with van der Waals surface area (Å²) >= 11 is 0. The van der Waals surface area contributed by atoms with Crippen LogP contribution in [-0.2, 0) is 16.1 Å². The molecule has 2 amide bonds. The smallest absolute Gasteiger partial charge is 0.236 e. The zero-order chi connectivity index (χ0) is 17.1. The van der Waals surface area contributed by atoms with Gasteiger partial charge in [-0.05, 0) is 43.4 Å². The Labute approximate surface area is 141 Å². The van der Waals surface area contributed by atoms with Gasteiger partial charge in [0, 0.05) is 31.6 Å². The van der Waals surface area contributed by atoms with E-state index in [1.807, 2.05) is 4.90 Å². The van der Waals surface area contributed by atoms with Crippen molar-refractivity contribution in [3.8, 4) is 0 Å². The fraction of sp³-hybridized carbons (Fsp3) is 0.556. The molecule has 0 spiro atoms. The van der Waals surface area contributed by atoms with Crippen molar-refractivity contribution in [1.82, 2.24) is 9.80 Å². The second-order valence-electron chi connectivity index (χ2n) is 6.82. The predicted molar refractivity (Wildman–Crippen MR) is 88.3 cm³/mol. The summed E-state index contributed by atoms with van der Waals surface area (Å²) in [6.07, 6.45) is 3.53. The normalized spacial score (nSPS) is 18.8.